The molecule has 0 unspecified atom stereocenters. The van der Waals surface area contributed by atoms with Gasteiger partial charge in [-0.05, 0) is 34.7 Å². The quantitative estimate of drug-likeness (QED) is 0.396. The topological polar surface area (TPSA) is 30.2 Å². The predicted octanol–water partition coefficient (Wildman–Crippen LogP) is 5.87. The molecule has 0 spiro atoms. The number of halogens is 1. The Morgan fingerprint density at radius 2 is 1.46 bits per heavy atom. The third kappa shape index (κ3) is 2.45. The Hall–Kier alpha value is -3.17. The van der Waals surface area contributed by atoms with E-state index < -0.39 is 0 Å². The minimum atomic E-state index is 0.726. The second-order valence-electron chi connectivity index (χ2n) is 6.16. The second kappa shape index (κ2) is 5.97. The number of rotatable bonds is 2. The molecule has 0 atom stereocenters. The summed E-state index contributed by atoms with van der Waals surface area (Å²) in [5.74, 6) is 0.726. The number of hydrogen-bond donors (Lipinski definition) is 0. The summed E-state index contributed by atoms with van der Waals surface area (Å²) >= 11 is 6.34. The Kier molecular flexibility index (Phi) is 3.47. The van der Waals surface area contributed by atoms with Crippen LogP contribution >= 0.6 is 11.6 Å². The Labute approximate surface area is 155 Å². The van der Waals surface area contributed by atoms with Gasteiger partial charge in [-0.15, -0.1) is 5.10 Å². The molecule has 0 bridgehead atoms. The highest BCUT2D eigenvalue weighted by atomic mass is 35.5. The van der Waals surface area contributed by atoms with Gasteiger partial charge in [-0.1, -0.05) is 72.3 Å². The highest BCUT2D eigenvalue weighted by Gasteiger charge is 2.09. The van der Waals surface area contributed by atoms with Gasteiger partial charge in [-0.3, -0.25) is 0 Å². The molecule has 4 heteroatoms. The normalized spacial score (nSPS) is 11.3. The summed E-state index contributed by atoms with van der Waals surface area (Å²) in [6.07, 6.45) is 1.90. The maximum absolute atomic E-state index is 6.34. The molecule has 0 aliphatic heterocycles. The first kappa shape index (κ1) is 15.1. The summed E-state index contributed by atoms with van der Waals surface area (Å²) in [5.41, 5.74) is 4.15. The van der Waals surface area contributed by atoms with Gasteiger partial charge in [0.2, 0.25) is 0 Å². The minimum absolute atomic E-state index is 0.726. The third-order valence-electron chi connectivity index (χ3n) is 4.56. The van der Waals surface area contributed by atoms with Crippen LogP contribution in [0, 0.1) is 0 Å². The standard InChI is InChI=1S/C22H14ClN3/c23-20-8-4-6-18-17(5-3-7-19(18)20)15-10-12-16(13-11-15)22-24-21-9-1-2-14-26(21)25-22/h1-14H. The van der Waals surface area contributed by atoms with Gasteiger partial charge in [0.25, 0.3) is 0 Å². The van der Waals surface area contributed by atoms with Gasteiger partial charge in [0, 0.05) is 22.2 Å². The Morgan fingerprint density at radius 3 is 2.31 bits per heavy atom. The van der Waals surface area contributed by atoms with E-state index in [4.69, 9.17) is 11.6 Å². The van der Waals surface area contributed by atoms with Crippen molar-refractivity contribution in [1.82, 2.24) is 14.6 Å². The molecule has 0 N–H and O–H groups in total. The fourth-order valence-corrected chi connectivity index (χ4v) is 3.51. The van der Waals surface area contributed by atoms with Crippen LogP contribution in [-0.2, 0) is 0 Å². The molecule has 0 fully saturated rings. The zero-order valence-electron chi connectivity index (χ0n) is 13.8. The first-order valence-corrected chi connectivity index (χ1v) is 8.77. The molecule has 5 rings (SSSR count). The molecule has 0 saturated carbocycles. The van der Waals surface area contributed by atoms with Crippen LogP contribution in [0.5, 0.6) is 0 Å². The Bertz CT molecular complexity index is 1210. The van der Waals surface area contributed by atoms with Gasteiger partial charge in [0.1, 0.15) is 0 Å². The van der Waals surface area contributed by atoms with Crippen molar-refractivity contribution in [1.29, 1.82) is 0 Å². The SMILES string of the molecule is Clc1cccc2c(-c3ccc(-c4nc5ccccn5n4)cc3)cccc12. The van der Waals surface area contributed by atoms with Gasteiger partial charge >= 0.3 is 0 Å². The van der Waals surface area contributed by atoms with E-state index in [-0.39, 0.29) is 0 Å². The third-order valence-corrected chi connectivity index (χ3v) is 4.89. The van der Waals surface area contributed by atoms with E-state index in [1.165, 1.54) is 5.56 Å². The smallest absolute Gasteiger partial charge is 0.182 e. The number of fused-ring (bicyclic) bond motifs is 2. The molecule has 2 heterocycles. The fourth-order valence-electron chi connectivity index (χ4n) is 3.28. The van der Waals surface area contributed by atoms with Gasteiger partial charge in [-0.2, -0.15) is 0 Å². The molecule has 0 saturated heterocycles. The van der Waals surface area contributed by atoms with E-state index in [0.29, 0.717) is 0 Å². The summed E-state index contributed by atoms with van der Waals surface area (Å²) in [6, 6.07) is 26.4. The van der Waals surface area contributed by atoms with Crippen molar-refractivity contribution in [2.75, 3.05) is 0 Å². The molecule has 26 heavy (non-hydrogen) atoms. The highest BCUT2D eigenvalue weighted by molar-refractivity contribution is 6.35. The van der Waals surface area contributed by atoms with Crippen molar-refractivity contribution in [3.63, 3.8) is 0 Å². The van der Waals surface area contributed by atoms with Crippen molar-refractivity contribution >= 4 is 28.0 Å². The van der Waals surface area contributed by atoms with Crippen LogP contribution in [0.15, 0.2) is 85.1 Å². The van der Waals surface area contributed by atoms with Crippen LogP contribution in [0.4, 0.5) is 0 Å². The van der Waals surface area contributed by atoms with Crippen molar-refractivity contribution < 1.29 is 0 Å². The van der Waals surface area contributed by atoms with Crippen LogP contribution in [-0.4, -0.2) is 14.6 Å². The van der Waals surface area contributed by atoms with E-state index in [1.54, 1.807) is 4.52 Å². The lowest BCUT2D eigenvalue weighted by atomic mass is 9.97. The summed E-state index contributed by atoms with van der Waals surface area (Å²) in [5, 5.41) is 7.53. The first-order chi connectivity index (χ1) is 12.8. The molecular weight excluding hydrogens is 342 g/mol. The summed E-state index contributed by atoms with van der Waals surface area (Å²) in [4.78, 5) is 4.58. The van der Waals surface area contributed by atoms with E-state index in [9.17, 15) is 0 Å². The number of aromatic nitrogens is 3. The fraction of sp³-hybridized carbons (Fsp3) is 0. The Balaban J connectivity index is 1.59. The summed E-state index contributed by atoms with van der Waals surface area (Å²) in [6.45, 7) is 0. The van der Waals surface area contributed by atoms with Gasteiger partial charge in [0.15, 0.2) is 11.5 Å². The van der Waals surface area contributed by atoms with Crippen molar-refractivity contribution in [3.8, 4) is 22.5 Å². The number of hydrogen-bond acceptors (Lipinski definition) is 2. The van der Waals surface area contributed by atoms with Crippen LogP contribution in [0.25, 0.3) is 38.9 Å². The molecule has 2 aromatic heterocycles. The first-order valence-electron chi connectivity index (χ1n) is 8.39. The van der Waals surface area contributed by atoms with Crippen molar-refractivity contribution in [3.05, 3.63) is 90.1 Å². The molecule has 0 radical (unpaired) electrons. The molecule has 3 aromatic carbocycles. The molecule has 3 nitrogen and oxygen atoms in total. The van der Waals surface area contributed by atoms with E-state index in [0.717, 1.165) is 38.4 Å². The highest BCUT2D eigenvalue weighted by Crippen LogP contribution is 2.33. The lowest BCUT2D eigenvalue weighted by molar-refractivity contribution is 0.966. The van der Waals surface area contributed by atoms with E-state index in [2.05, 4.69) is 52.5 Å². The molecular formula is C22H14ClN3. The maximum atomic E-state index is 6.34. The summed E-state index contributed by atoms with van der Waals surface area (Å²) in [7, 11) is 0. The van der Waals surface area contributed by atoms with Gasteiger partial charge in [-0.25, -0.2) is 9.50 Å². The van der Waals surface area contributed by atoms with Crippen molar-refractivity contribution in [2.45, 2.75) is 0 Å². The van der Waals surface area contributed by atoms with Gasteiger partial charge in [0.05, 0.1) is 0 Å². The zero-order chi connectivity index (χ0) is 17.5. The average Bonchev–Trinajstić information content (AvgIpc) is 3.12. The lowest BCUT2D eigenvalue weighted by Crippen LogP contribution is -1.86. The van der Waals surface area contributed by atoms with Crippen LogP contribution in [0.2, 0.25) is 5.02 Å². The lowest BCUT2D eigenvalue weighted by Gasteiger charge is -2.08. The number of benzene rings is 3. The Morgan fingerprint density at radius 1 is 0.692 bits per heavy atom. The number of pyridine rings is 1. The maximum Gasteiger partial charge on any atom is 0.182 e. The predicted molar refractivity (Wildman–Crippen MR) is 106 cm³/mol. The molecule has 124 valence electrons. The minimum Gasteiger partial charge on any atom is -0.221 e. The second-order valence-corrected chi connectivity index (χ2v) is 6.56. The molecule has 5 aromatic rings. The largest absolute Gasteiger partial charge is 0.221 e. The van der Waals surface area contributed by atoms with Crippen LogP contribution in [0.1, 0.15) is 0 Å². The van der Waals surface area contributed by atoms with Crippen LogP contribution in [0.3, 0.4) is 0 Å². The molecule has 0 aliphatic rings. The number of nitrogens with zero attached hydrogens (tertiary/aromatic N) is 3. The van der Waals surface area contributed by atoms with Crippen LogP contribution < -0.4 is 0 Å². The van der Waals surface area contributed by atoms with E-state index >= 15 is 0 Å². The summed E-state index contributed by atoms with van der Waals surface area (Å²) < 4.78 is 1.79. The van der Waals surface area contributed by atoms with Crippen molar-refractivity contribution in [2.24, 2.45) is 0 Å². The zero-order valence-corrected chi connectivity index (χ0v) is 14.6. The average molecular weight is 356 g/mol. The van der Waals surface area contributed by atoms with E-state index in [1.807, 2.05) is 42.6 Å². The molecule has 0 aliphatic carbocycles. The monoisotopic (exact) mass is 355 g/mol. The molecule has 0 amide bonds. The van der Waals surface area contributed by atoms with Gasteiger partial charge < -0.3 is 0 Å².